The van der Waals surface area contributed by atoms with E-state index < -0.39 is 0 Å². The molecule has 94 valence electrons. The van der Waals surface area contributed by atoms with Gasteiger partial charge in [0.15, 0.2) is 0 Å². The van der Waals surface area contributed by atoms with Crippen molar-refractivity contribution in [1.82, 2.24) is 4.98 Å². The Labute approximate surface area is 113 Å². The monoisotopic (exact) mass is 295 g/mol. The Morgan fingerprint density at radius 2 is 2.12 bits per heavy atom. The standard InChI is InChI=1S/C15H22BrN/c1-12-6-9-15(17-11-12)10-14(16)8-7-13-4-2-3-5-13/h6,9,11,13-14H,2-5,7-8,10H2,1H3. The number of aromatic nitrogens is 1. The number of aryl methyl sites for hydroxylation is 1. The van der Waals surface area contributed by atoms with Crippen molar-refractivity contribution in [3.63, 3.8) is 0 Å². The van der Waals surface area contributed by atoms with Crippen LogP contribution in [0.4, 0.5) is 0 Å². The second-order valence-corrected chi connectivity index (χ2v) is 6.65. The quantitative estimate of drug-likeness (QED) is 0.720. The first kappa shape index (κ1) is 13.1. The molecule has 1 unspecified atom stereocenters. The van der Waals surface area contributed by atoms with Crippen molar-refractivity contribution >= 4 is 15.9 Å². The molecule has 1 aliphatic carbocycles. The summed E-state index contributed by atoms with van der Waals surface area (Å²) in [6.07, 6.45) is 11.5. The van der Waals surface area contributed by atoms with E-state index in [1.54, 1.807) is 0 Å². The van der Waals surface area contributed by atoms with Crippen LogP contribution in [-0.2, 0) is 6.42 Å². The number of pyridine rings is 1. The maximum Gasteiger partial charge on any atom is 0.0414 e. The summed E-state index contributed by atoms with van der Waals surface area (Å²) in [7, 11) is 0. The molecule has 0 aliphatic heterocycles. The number of rotatable bonds is 5. The predicted molar refractivity (Wildman–Crippen MR) is 76.6 cm³/mol. The van der Waals surface area contributed by atoms with E-state index in [1.165, 1.54) is 49.8 Å². The number of alkyl halides is 1. The van der Waals surface area contributed by atoms with E-state index in [0.29, 0.717) is 4.83 Å². The van der Waals surface area contributed by atoms with E-state index >= 15 is 0 Å². The minimum Gasteiger partial charge on any atom is -0.261 e. The van der Waals surface area contributed by atoms with E-state index in [4.69, 9.17) is 0 Å². The Morgan fingerprint density at radius 3 is 2.76 bits per heavy atom. The first-order chi connectivity index (χ1) is 8.24. The van der Waals surface area contributed by atoms with Crippen molar-refractivity contribution in [3.8, 4) is 0 Å². The van der Waals surface area contributed by atoms with Crippen LogP contribution in [0, 0.1) is 12.8 Å². The van der Waals surface area contributed by atoms with Gasteiger partial charge in [0.05, 0.1) is 0 Å². The minimum absolute atomic E-state index is 0.596. The van der Waals surface area contributed by atoms with Crippen LogP contribution >= 0.6 is 15.9 Å². The van der Waals surface area contributed by atoms with Crippen LogP contribution in [0.3, 0.4) is 0 Å². The molecule has 1 heterocycles. The number of hydrogen-bond acceptors (Lipinski definition) is 1. The van der Waals surface area contributed by atoms with Gasteiger partial charge in [0.1, 0.15) is 0 Å². The fourth-order valence-electron chi connectivity index (χ4n) is 2.66. The lowest BCUT2D eigenvalue weighted by molar-refractivity contribution is 0.479. The molecule has 1 atom stereocenters. The van der Waals surface area contributed by atoms with Crippen molar-refractivity contribution in [2.24, 2.45) is 5.92 Å². The zero-order chi connectivity index (χ0) is 12.1. The van der Waals surface area contributed by atoms with Crippen LogP contribution < -0.4 is 0 Å². The second-order valence-electron chi connectivity index (χ2n) is 5.36. The minimum atomic E-state index is 0.596. The van der Waals surface area contributed by atoms with E-state index in [-0.39, 0.29) is 0 Å². The van der Waals surface area contributed by atoms with Crippen LogP contribution in [0.15, 0.2) is 18.3 Å². The van der Waals surface area contributed by atoms with Crippen molar-refractivity contribution < 1.29 is 0 Å². The Hall–Kier alpha value is -0.370. The molecule has 0 spiro atoms. The Balaban J connectivity index is 1.72. The highest BCUT2D eigenvalue weighted by Crippen LogP contribution is 2.30. The molecule has 0 aromatic carbocycles. The molecule has 0 saturated heterocycles. The Kier molecular flexibility index (Phi) is 5.02. The zero-order valence-corrected chi connectivity index (χ0v) is 12.2. The van der Waals surface area contributed by atoms with Crippen LogP contribution in [-0.4, -0.2) is 9.81 Å². The third-order valence-electron chi connectivity index (χ3n) is 3.77. The summed E-state index contributed by atoms with van der Waals surface area (Å²) >= 11 is 3.80. The molecule has 0 N–H and O–H groups in total. The number of halogens is 1. The first-order valence-corrected chi connectivity index (χ1v) is 7.71. The smallest absolute Gasteiger partial charge is 0.0414 e. The highest BCUT2D eigenvalue weighted by molar-refractivity contribution is 9.09. The third kappa shape index (κ3) is 4.42. The summed E-state index contributed by atoms with van der Waals surface area (Å²) < 4.78 is 0. The normalized spacial score (nSPS) is 18.5. The molecular formula is C15H22BrN. The average molecular weight is 296 g/mol. The van der Waals surface area contributed by atoms with Crippen molar-refractivity contribution in [3.05, 3.63) is 29.6 Å². The third-order valence-corrected chi connectivity index (χ3v) is 4.55. The maximum atomic E-state index is 4.47. The molecule has 1 aliphatic rings. The number of nitrogens with zero attached hydrogens (tertiary/aromatic N) is 1. The van der Waals surface area contributed by atoms with Gasteiger partial charge < -0.3 is 0 Å². The van der Waals surface area contributed by atoms with Gasteiger partial charge in [0.2, 0.25) is 0 Å². The van der Waals surface area contributed by atoms with Crippen LogP contribution in [0.25, 0.3) is 0 Å². The molecule has 2 rings (SSSR count). The summed E-state index contributed by atoms with van der Waals surface area (Å²) in [4.78, 5) is 5.06. The maximum absolute atomic E-state index is 4.47. The van der Waals surface area contributed by atoms with Gasteiger partial charge in [-0.15, -0.1) is 0 Å². The molecular weight excluding hydrogens is 274 g/mol. The largest absolute Gasteiger partial charge is 0.261 e. The molecule has 1 aromatic rings. The second kappa shape index (κ2) is 6.53. The topological polar surface area (TPSA) is 12.9 Å². The van der Waals surface area contributed by atoms with Crippen LogP contribution in [0.5, 0.6) is 0 Å². The van der Waals surface area contributed by atoms with Crippen LogP contribution in [0.1, 0.15) is 49.8 Å². The highest BCUT2D eigenvalue weighted by Gasteiger charge is 2.16. The lowest BCUT2D eigenvalue weighted by atomic mass is 9.99. The molecule has 1 nitrogen and oxygen atoms in total. The van der Waals surface area contributed by atoms with E-state index in [9.17, 15) is 0 Å². The molecule has 1 aromatic heterocycles. The molecule has 0 bridgehead atoms. The SMILES string of the molecule is Cc1ccc(CC(Br)CCC2CCCC2)nc1. The van der Waals surface area contributed by atoms with E-state index in [1.807, 2.05) is 6.20 Å². The van der Waals surface area contributed by atoms with E-state index in [2.05, 4.69) is 40.0 Å². The summed E-state index contributed by atoms with van der Waals surface area (Å²) in [5.41, 5.74) is 2.45. The van der Waals surface area contributed by atoms with Crippen molar-refractivity contribution in [2.75, 3.05) is 0 Å². The first-order valence-electron chi connectivity index (χ1n) is 6.79. The molecule has 2 heteroatoms. The molecule has 1 saturated carbocycles. The van der Waals surface area contributed by atoms with Crippen molar-refractivity contribution in [1.29, 1.82) is 0 Å². The molecule has 0 amide bonds. The van der Waals surface area contributed by atoms with E-state index in [0.717, 1.165) is 12.3 Å². The Bertz CT molecular complexity index is 327. The van der Waals surface area contributed by atoms with Crippen molar-refractivity contribution in [2.45, 2.75) is 56.7 Å². The number of hydrogen-bond donors (Lipinski definition) is 0. The van der Waals surface area contributed by atoms with Gasteiger partial charge in [-0.05, 0) is 37.3 Å². The fraction of sp³-hybridized carbons (Fsp3) is 0.667. The predicted octanol–water partition coefficient (Wildman–Crippen LogP) is 4.67. The van der Waals surface area contributed by atoms with Crippen LogP contribution in [0.2, 0.25) is 0 Å². The fourth-order valence-corrected chi connectivity index (χ4v) is 3.26. The Morgan fingerprint density at radius 1 is 1.35 bits per heavy atom. The lowest BCUT2D eigenvalue weighted by Crippen LogP contribution is -2.07. The summed E-state index contributed by atoms with van der Waals surface area (Å²) in [5.74, 6) is 1.00. The van der Waals surface area contributed by atoms with Gasteiger partial charge >= 0.3 is 0 Å². The zero-order valence-electron chi connectivity index (χ0n) is 10.7. The molecule has 1 fully saturated rings. The van der Waals surface area contributed by atoms with Gasteiger partial charge in [-0.2, -0.15) is 0 Å². The van der Waals surface area contributed by atoms with Gasteiger partial charge in [0.25, 0.3) is 0 Å². The molecule has 0 radical (unpaired) electrons. The van der Waals surface area contributed by atoms with Gasteiger partial charge in [0, 0.05) is 23.1 Å². The highest BCUT2D eigenvalue weighted by atomic mass is 79.9. The summed E-state index contributed by atoms with van der Waals surface area (Å²) in [6, 6.07) is 4.30. The van der Waals surface area contributed by atoms with Gasteiger partial charge in [-0.3, -0.25) is 4.98 Å². The summed E-state index contributed by atoms with van der Waals surface area (Å²) in [5, 5.41) is 0. The van der Waals surface area contributed by atoms with Gasteiger partial charge in [-0.25, -0.2) is 0 Å². The summed E-state index contributed by atoms with van der Waals surface area (Å²) in [6.45, 7) is 2.09. The van der Waals surface area contributed by atoms with Gasteiger partial charge in [-0.1, -0.05) is 47.7 Å². The average Bonchev–Trinajstić information content (AvgIpc) is 2.83. The lowest BCUT2D eigenvalue weighted by Gasteiger charge is -2.13. The molecule has 17 heavy (non-hydrogen) atoms.